The van der Waals surface area contributed by atoms with Gasteiger partial charge in [-0.05, 0) is 12.8 Å². The van der Waals surface area contributed by atoms with E-state index in [2.05, 4.69) is 44.5 Å². The summed E-state index contributed by atoms with van der Waals surface area (Å²) in [5.41, 5.74) is 2.88. The average Bonchev–Trinajstić information content (AvgIpc) is 2.71. The summed E-state index contributed by atoms with van der Waals surface area (Å²) in [4.78, 5) is 4.94. The third kappa shape index (κ3) is 2.33. The van der Waals surface area contributed by atoms with Gasteiger partial charge in [0.25, 0.3) is 0 Å². The normalized spacial score (nSPS) is 16.1. The van der Waals surface area contributed by atoms with Crippen molar-refractivity contribution < 1.29 is 0 Å². The Morgan fingerprint density at radius 3 is 2.50 bits per heavy atom. The van der Waals surface area contributed by atoms with E-state index in [9.17, 15) is 0 Å². The van der Waals surface area contributed by atoms with E-state index < -0.39 is 0 Å². The van der Waals surface area contributed by atoms with Crippen molar-refractivity contribution in [2.24, 2.45) is 0 Å². The quantitative estimate of drug-likeness (QED) is 0.891. The molecule has 0 saturated heterocycles. The molecule has 1 aliphatic heterocycles. The van der Waals surface area contributed by atoms with Crippen LogP contribution in [0.5, 0.6) is 0 Å². The molecule has 0 radical (unpaired) electrons. The second kappa shape index (κ2) is 5.04. The summed E-state index contributed by atoms with van der Waals surface area (Å²) in [5, 5.41) is 3.43. The molecule has 1 N–H and O–H groups in total. The third-order valence-corrected chi connectivity index (χ3v) is 3.90. The first-order chi connectivity index (χ1) is 8.49. The minimum atomic E-state index is 0.125. The molecule has 0 aromatic carbocycles. The van der Waals surface area contributed by atoms with Gasteiger partial charge in [-0.1, -0.05) is 34.6 Å². The first kappa shape index (κ1) is 13.6. The molecule has 2 heterocycles. The van der Waals surface area contributed by atoms with Crippen molar-refractivity contribution in [1.29, 1.82) is 0 Å². The molecule has 3 heteroatoms. The van der Waals surface area contributed by atoms with Crippen LogP contribution in [0.15, 0.2) is 0 Å². The first-order valence-electron chi connectivity index (χ1n) is 7.30. The Balaban J connectivity index is 2.55. The maximum Gasteiger partial charge on any atom is 0.114 e. The van der Waals surface area contributed by atoms with Crippen molar-refractivity contribution in [3.63, 3.8) is 0 Å². The lowest BCUT2D eigenvalue weighted by Gasteiger charge is -2.27. The molecule has 0 fully saturated rings. The molecule has 0 bridgehead atoms. The van der Waals surface area contributed by atoms with Crippen molar-refractivity contribution in [1.82, 2.24) is 14.9 Å². The highest BCUT2D eigenvalue weighted by atomic mass is 15.1. The molecule has 18 heavy (non-hydrogen) atoms. The lowest BCUT2D eigenvalue weighted by molar-refractivity contribution is 0.400. The van der Waals surface area contributed by atoms with Gasteiger partial charge < -0.3 is 9.88 Å². The number of rotatable bonds is 3. The summed E-state index contributed by atoms with van der Waals surface area (Å²) >= 11 is 0. The first-order valence-corrected chi connectivity index (χ1v) is 7.30. The zero-order valence-corrected chi connectivity index (χ0v) is 12.5. The van der Waals surface area contributed by atoms with Gasteiger partial charge in [-0.3, -0.25) is 0 Å². The van der Waals surface area contributed by atoms with Gasteiger partial charge in [0.1, 0.15) is 5.82 Å². The Hall–Kier alpha value is -0.830. The molecule has 0 spiro atoms. The zero-order chi connectivity index (χ0) is 13.3. The average molecular weight is 249 g/mol. The van der Waals surface area contributed by atoms with E-state index >= 15 is 0 Å². The number of hydrogen-bond acceptors (Lipinski definition) is 2. The molecule has 102 valence electrons. The smallest absolute Gasteiger partial charge is 0.114 e. The van der Waals surface area contributed by atoms with Gasteiger partial charge >= 0.3 is 0 Å². The van der Waals surface area contributed by atoms with E-state index in [0.29, 0.717) is 6.04 Å². The number of nitrogens with zero attached hydrogens (tertiary/aromatic N) is 2. The van der Waals surface area contributed by atoms with Crippen molar-refractivity contribution in [2.45, 2.75) is 71.9 Å². The van der Waals surface area contributed by atoms with Gasteiger partial charge in [-0.15, -0.1) is 0 Å². The Morgan fingerprint density at radius 2 is 1.94 bits per heavy atom. The molecule has 0 aliphatic carbocycles. The summed E-state index contributed by atoms with van der Waals surface area (Å²) in [5.74, 6) is 1.27. The molecular formula is C15H27N3. The number of hydrogen-bond donors (Lipinski definition) is 1. The minimum Gasteiger partial charge on any atom is -0.328 e. The number of fused-ring (bicyclic) bond motifs is 1. The van der Waals surface area contributed by atoms with E-state index in [1.165, 1.54) is 30.1 Å². The predicted molar refractivity (Wildman–Crippen MR) is 76.0 cm³/mol. The Morgan fingerprint density at radius 1 is 1.28 bits per heavy atom. The second-order valence-electron chi connectivity index (χ2n) is 6.35. The standard InChI is InChI=1S/C15H27N3/c1-6-11(7-2)18-13-8-9-16-10-12(13)17-14(18)15(3,4)5/h11,16H,6-10H2,1-5H3. The zero-order valence-electron chi connectivity index (χ0n) is 12.5. The molecule has 1 aromatic heterocycles. The molecule has 0 amide bonds. The SMILES string of the molecule is CCC(CC)n1c(C(C)(C)C)nc2c1CCNC2. The van der Waals surface area contributed by atoms with Gasteiger partial charge in [-0.2, -0.15) is 0 Å². The maximum absolute atomic E-state index is 4.94. The molecule has 0 unspecified atom stereocenters. The lowest BCUT2D eigenvalue weighted by atomic mass is 9.94. The van der Waals surface area contributed by atoms with Crippen molar-refractivity contribution >= 4 is 0 Å². The van der Waals surface area contributed by atoms with Crippen LogP contribution in [0.25, 0.3) is 0 Å². The maximum atomic E-state index is 4.94. The van der Waals surface area contributed by atoms with Gasteiger partial charge in [-0.25, -0.2) is 4.98 Å². The van der Waals surface area contributed by atoms with Crippen LogP contribution in [-0.2, 0) is 18.4 Å². The molecule has 0 saturated carbocycles. The van der Waals surface area contributed by atoms with Crippen LogP contribution in [0.3, 0.4) is 0 Å². The van der Waals surface area contributed by atoms with E-state index in [1.54, 1.807) is 0 Å². The number of aromatic nitrogens is 2. The highest BCUT2D eigenvalue weighted by Crippen LogP contribution is 2.31. The van der Waals surface area contributed by atoms with Crippen LogP contribution in [0, 0.1) is 0 Å². The molecule has 2 rings (SSSR count). The Labute approximate surface area is 111 Å². The fourth-order valence-electron chi connectivity index (χ4n) is 2.91. The van der Waals surface area contributed by atoms with Crippen LogP contribution < -0.4 is 5.32 Å². The number of nitrogens with one attached hydrogen (secondary N) is 1. The third-order valence-electron chi connectivity index (χ3n) is 3.90. The molecular weight excluding hydrogens is 222 g/mol. The summed E-state index contributed by atoms with van der Waals surface area (Å²) in [6, 6.07) is 0.605. The lowest BCUT2D eigenvalue weighted by Crippen LogP contribution is -2.27. The van der Waals surface area contributed by atoms with E-state index in [1.807, 2.05) is 0 Å². The van der Waals surface area contributed by atoms with Crippen molar-refractivity contribution in [2.75, 3.05) is 6.54 Å². The summed E-state index contributed by atoms with van der Waals surface area (Å²) in [6.45, 7) is 13.4. The fourth-order valence-corrected chi connectivity index (χ4v) is 2.91. The summed E-state index contributed by atoms with van der Waals surface area (Å²) in [7, 11) is 0. The van der Waals surface area contributed by atoms with Crippen molar-refractivity contribution in [3.05, 3.63) is 17.2 Å². The van der Waals surface area contributed by atoms with Crippen LogP contribution in [0.2, 0.25) is 0 Å². The van der Waals surface area contributed by atoms with Crippen LogP contribution in [-0.4, -0.2) is 16.1 Å². The summed E-state index contributed by atoms with van der Waals surface area (Å²) in [6.07, 6.45) is 3.50. The number of imidazole rings is 1. The molecule has 3 nitrogen and oxygen atoms in total. The molecule has 0 atom stereocenters. The van der Waals surface area contributed by atoms with E-state index in [4.69, 9.17) is 4.98 Å². The Kier molecular flexibility index (Phi) is 3.81. The van der Waals surface area contributed by atoms with Gasteiger partial charge in [0, 0.05) is 36.7 Å². The minimum absolute atomic E-state index is 0.125. The monoisotopic (exact) mass is 249 g/mol. The second-order valence-corrected chi connectivity index (χ2v) is 6.35. The van der Waals surface area contributed by atoms with E-state index in [0.717, 1.165) is 19.5 Å². The van der Waals surface area contributed by atoms with Crippen LogP contribution in [0.1, 0.15) is 70.7 Å². The van der Waals surface area contributed by atoms with Gasteiger partial charge in [0.05, 0.1) is 5.69 Å². The highest BCUT2D eigenvalue weighted by Gasteiger charge is 2.29. The van der Waals surface area contributed by atoms with Crippen molar-refractivity contribution in [3.8, 4) is 0 Å². The fraction of sp³-hybridized carbons (Fsp3) is 0.800. The van der Waals surface area contributed by atoms with Gasteiger partial charge in [0.2, 0.25) is 0 Å². The summed E-state index contributed by atoms with van der Waals surface area (Å²) < 4.78 is 2.55. The predicted octanol–water partition coefficient (Wildman–Crippen LogP) is 3.19. The molecule has 1 aromatic rings. The highest BCUT2D eigenvalue weighted by molar-refractivity contribution is 5.24. The van der Waals surface area contributed by atoms with Crippen LogP contribution >= 0.6 is 0 Å². The topological polar surface area (TPSA) is 29.9 Å². The van der Waals surface area contributed by atoms with E-state index in [-0.39, 0.29) is 5.41 Å². The van der Waals surface area contributed by atoms with Gasteiger partial charge in [0.15, 0.2) is 0 Å². The largest absolute Gasteiger partial charge is 0.328 e. The molecule has 1 aliphatic rings. The van der Waals surface area contributed by atoms with Crippen LogP contribution in [0.4, 0.5) is 0 Å². The Bertz CT molecular complexity index is 408.